The fourth-order valence-corrected chi connectivity index (χ4v) is 3.92. The average Bonchev–Trinajstić information content (AvgIpc) is 3.01. The highest BCUT2D eigenvalue weighted by Crippen LogP contribution is 2.31. The molecule has 1 aromatic heterocycles. The molecule has 176 valence electrons. The molecule has 2 amide bonds. The van der Waals surface area contributed by atoms with Gasteiger partial charge in [0, 0.05) is 32.0 Å². The van der Waals surface area contributed by atoms with Crippen molar-refractivity contribution in [1.29, 1.82) is 0 Å². The van der Waals surface area contributed by atoms with Gasteiger partial charge < -0.3 is 19.9 Å². The molecule has 0 spiro atoms. The molecular formula is C22H29F3N4O3. The normalized spacial score (nSPS) is 19.9. The Morgan fingerprint density at radius 3 is 2.59 bits per heavy atom. The molecule has 0 saturated carbocycles. The number of benzene rings is 1. The van der Waals surface area contributed by atoms with Crippen molar-refractivity contribution in [3.05, 3.63) is 30.1 Å². The number of carbonyl (C=O) groups excluding carboxylic acids is 2. The molecule has 2 heterocycles. The van der Waals surface area contributed by atoms with Crippen LogP contribution in [0.5, 0.6) is 0 Å². The number of para-hydroxylation sites is 2. The van der Waals surface area contributed by atoms with E-state index in [9.17, 15) is 27.9 Å². The summed E-state index contributed by atoms with van der Waals surface area (Å²) in [7, 11) is 0. The molecule has 1 aliphatic heterocycles. The van der Waals surface area contributed by atoms with Crippen LogP contribution in [-0.4, -0.2) is 56.6 Å². The number of aromatic nitrogens is 2. The number of carbonyl (C=O) groups is 2. The summed E-state index contributed by atoms with van der Waals surface area (Å²) in [5.74, 6) is -1.50. The standard InChI is InChI=1S/C22H29F3N4O3/c1-14(2)20(32)26-16-9-12-28(13-10-18(16)30)19(31)8-5-11-29-17-7-4-3-6-15(17)27-21(29)22(23,24)25/h3-4,6-7,14,16,18,30H,5,8-13H2,1-2H3,(H,26,32)/t16-,18-/m0/s1. The van der Waals surface area contributed by atoms with Gasteiger partial charge in [-0.05, 0) is 31.4 Å². The van der Waals surface area contributed by atoms with Crippen molar-refractivity contribution < 1.29 is 27.9 Å². The summed E-state index contributed by atoms with van der Waals surface area (Å²) >= 11 is 0. The molecule has 2 N–H and O–H groups in total. The lowest BCUT2D eigenvalue weighted by atomic mass is 10.1. The van der Waals surface area contributed by atoms with Crippen molar-refractivity contribution in [1.82, 2.24) is 19.8 Å². The molecule has 0 bridgehead atoms. The second kappa shape index (κ2) is 9.89. The predicted molar refractivity (Wildman–Crippen MR) is 113 cm³/mol. The van der Waals surface area contributed by atoms with Gasteiger partial charge in [0.25, 0.3) is 0 Å². The zero-order valence-corrected chi connectivity index (χ0v) is 18.2. The number of imidazole rings is 1. The molecule has 1 aromatic carbocycles. The number of aliphatic hydroxyl groups is 1. The van der Waals surface area contributed by atoms with Crippen LogP contribution in [0.15, 0.2) is 24.3 Å². The van der Waals surface area contributed by atoms with Crippen molar-refractivity contribution in [3.8, 4) is 0 Å². The number of halogens is 3. The third-order valence-electron chi connectivity index (χ3n) is 5.75. The van der Waals surface area contributed by atoms with Crippen LogP contribution < -0.4 is 5.32 Å². The summed E-state index contributed by atoms with van der Waals surface area (Å²) in [6.45, 7) is 4.27. The van der Waals surface area contributed by atoms with Crippen LogP contribution in [0.2, 0.25) is 0 Å². The number of fused-ring (bicyclic) bond motifs is 1. The largest absolute Gasteiger partial charge is 0.449 e. The Labute approximate surface area is 184 Å². The van der Waals surface area contributed by atoms with Crippen LogP contribution in [0.1, 0.15) is 45.4 Å². The van der Waals surface area contributed by atoms with Crippen LogP contribution in [0, 0.1) is 5.92 Å². The van der Waals surface area contributed by atoms with E-state index in [2.05, 4.69) is 10.3 Å². The lowest BCUT2D eigenvalue weighted by Crippen LogP contribution is -2.44. The molecule has 1 saturated heterocycles. The molecule has 2 aromatic rings. The zero-order chi connectivity index (χ0) is 23.5. The van der Waals surface area contributed by atoms with Crippen molar-refractivity contribution in [3.63, 3.8) is 0 Å². The Morgan fingerprint density at radius 2 is 1.91 bits per heavy atom. The molecule has 1 aliphatic rings. The minimum Gasteiger partial charge on any atom is -0.391 e. The van der Waals surface area contributed by atoms with Crippen molar-refractivity contribution in [2.24, 2.45) is 5.92 Å². The van der Waals surface area contributed by atoms with Gasteiger partial charge in [0.2, 0.25) is 17.6 Å². The summed E-state index contributed by atoms with van der Waals surface area (Å²) in [4.78, 5) is 29.9. The molecule has 0 unspecified atom stereocenters. The number of hydrogen-bond donors (Lipinski definition) is 2. The van der Waals surface area contributed by atoms with Crippen molar-refractivity contribution in [2.45, 2.75) is 64.4 Å². The minimum atomic E-state index is -4.58. The van der Waals surface area contributed by atoms with Crippen LogP contribution in [0.25, 0.3) is 11.0 Å². The van der Waals surface area contributed by atoms with Crippen LogP contribution in [0.4, 0.5) is 13.2 Å². The van der Waals surface area contributed by atoms with Crippen LogP contribution in [0.3, 0.4) is 0 Å². The third-order valence-corrected chi connectivity index (χ3v) is 5.75. The predicted octanol–water partition coefficient (Wildman–Crippen LogP) is 2.96. The van der Waals surface area contributed by atoms with Gasteiger partial charge in [0.15, 0.2) is 0 Å². The topological polar surface area (TPSA) is 87.5 Å². The lowest BCUT2D eigenvalue weighted by molar-refractivity contribution is -0.147. The highest BCUT2D eigenvalue weighted by atomic mass is 19.4. The SMILES string of the molecule is CC(C)C(=O)N[C@H]1CCN(C(=O)CCCn2c(C(F)(F)F)nc3ccccc32)CC[C@@H]1O. The molecular weight excluding hydrogens is 425 g/mol. The van der Waals surface area contributed by atoms with Crippen molar-refractivity contribution in [2.75, 3.05) is 13.1 Å². The molecule has 1 fully saturated rings. The van der Waals surface area contributed by atoms with E-state index in [4.69, 9.17) is 0 Å². The zero-order valence-electron chi connectivity index (χ0n) is 18.2. The maximum absolute atomic E-state index is 13.4. The average molecular weight is 454 g/mol. The molecule has 10 heteroatoms. The van der Waals surface area contributed by atoms with Gasteiger partial charge >= 0.3 is 6.18 Å². The van der Waals surface area contributed by atoms with Crippen LogP contribution in [-0.2, 0) is 22.3 Å². The summed E-state index contributed by atoms with van der Waals surface area (Å²) < 4.78 is 41.3. The van der Waals surface area contributed by atoms with Gasteiger partial charge in [-0.3, -0.25) is 9.59 Å². The van der Waals surface area contributed by atoms with Gasteiger partial charge in [0.05, 0.1) is 23.2 Å². The number of nitrogens with zero attached hydrogens (tertiary/aromatic N) is 3. The van der Waals surface area contributed by atoms with E-state index in [1.165, 1.54) is 6.07 Å². The van der Waals surface area contributed by atoms with Crippen molar-refractivity contribution >= 4 is 22.8 Å². The summed E-state index contributed by atoms with van der Waals surface area (Å²) in [6, 6.07) is 5.98. The quantitative estimate of drug-likeness (QED) is 0.703. The Balaban J connectivity index is 1.59. The van der Waals surface area contributed by atoms with Gasteiger partial charge in [0.1, 0.15) is 0 Å². The Bertz CT molecular complexity index is 958. The van der Waals surface area contributed by atoms with Gasteiger partial charge in [-0.1, -0.05) is 26.0 Å². The van der Waals surface area contributed by atoms with Gasteiger partial charge in [-0.2, -0.15) is 13.2 Å². The first-order valence-electron chi connectivity index (χ1n) is 10.9. The number of aryl methyl sites for hydroxylation is 1. The summed E-state index contributed by atoms with van der Waals surface area (Å²) in [5.41, 5.74) is 0.649. The van der Waals surface area contributed by atoms with E-state index in [1.54, 1.807) is 36.9 Å². The number of alkyl halides is 3. The smallest absolute Gasteiger partial charge is 0.391 e. The van der Waals surface area contributed by atoms with E-state index in [0.29, 0.717) is 31.4 Å². The first kappa shape index (κ1) is 24.0. The van der Waals surface area contributed by atoms with E-state index >= 15 is 0 Å². The molecule has 7 nitrogen and oxygen atoms in total. The number of aliphatic hydroxyl groups excluding tert-OH is 1. The minimum absolute atomic E-state index is 0.0185. The fraction of sp³-hybridized carbons (Fsp3) is 0.591. The Hall–Kier alpha value is -2.62. The molecule has 32 heavy (non-hydrogen) atoms. The fourth-order valence-electron chi connectivity index (χ4n) is 3.92. The van der Waals surface area contributed by atoms with Gasteiger partial charge in [-0.25, -0.2) is 4.98 Å². The number of nitrogens with one attached hydrogen (secondary N) is 1. The third kappa shape index (κ3) is 5.59. The maximum atomic E-state index is 13.4. The number of likely N-dealkylation sites (tertiary alicyclic amines) is 1. The summed E-state index contributed by atoms with van der Waals surface area (Å²) in [5, 5.41) is 13.1. The molecule has 0 radical (unpaired) electrons. The Kier molecular flexibility index (Phi) is 7.43. The second-order valence-electron chi connectivity index (χ2n) is 8.47. The number of amides is 2. The van der Waals surface area contributed by atoms with E-state index < -0.39 is 24.1 Å². The first-order valence-corrected chi connectivity index (χ1v) is 10.9. The highest BCUT2D eigenvalue weighted by Gasteiger charge is 2.37. The van der Waals surface area contributed by atoms with E-state index in [1.807, 2.05) is 0 Å². The highest BCUT2D eigenvalue weighted by molar-refractivity contribution is 5.78. The van der Waals surface area contributed by atoms with E-state index in [0.717, 1.165) is 4.57 Å². The van der Waals surface area contributed by atoms with Gasteiger partial charge in [-0.15, -0.1) is 0 Å². The molecule has 2 atom stereocenters. The van der Waals surface area contributed by atoms with Crippen LogP contribution >= 0.6 is 0 Å². The second-order valence-corrected chi connectivity index (χ2v) is 8.47. The van der Waals surface area contributed by atoms with E-state index in [-0.39, 0.29) is 42.6 Å². The Morgan fingerprint density at radius 1 is 1.22 bits per heavy atom. The molecule has 0 aliphatic carbocycles. The molecule has 3 rings (SSSR count). The maximum Gasteiger partial charge on any atom is 0.449 e. The number of rotatable bonds is 6. The number of hydrogen-bond acceptors (Lipinski definition) is 4. The lowest BCUT2D eigenvalue weighted by Gasteiger charge is -2.22. The first-order chi connectivity index (χ1) is 15.1. The monoisotopic (exact) mass is 454 g/mol. The summed E-state index contributed by atoms with van der Waals surface area (Å²) in [6.07, 6.45) is -4.26.